The van der Waals surface area contributed by atoms with Crippen LogP contribution >= 0.6 is 11.6 Å². The second-order valence-electron chi connectivity index (χ2n) is 6.01. The first kappa shape index (κ1) is 14.6. The lowest BCUT2D eigenvalue weighted by molar-refractivity contribution is 0.0728. The van der Waals surface area contributed by atoms with Gasteiger partial charge in [0.05, 0.1) is 18.3 Å². The molecule has 0 N–H and O–H groups in total. The Bertz CT molecular complexity index is 760. The summed E-state index contributed by atoms with van der Waals surface area (Å²) in [5.41, 5.74) is 2.25. The van der Waals surface area contributed by atoms with Crippen molar-refractivity contribution in [2.45, 2.75) is 32.4 Å². The van der Waals surface area contributed by atoms with Crippen molar-refractivity contribution in [3.8, 4) is 5.88 Å². The average Bonchev–Trinajstić information content (AvgIpc) is 3.23. The van der Waals surface area contributed by atoms with Crippen LogP contribution in [0.15, 0.2) is 6.07 Å². The Kier molecular flexibility index (Phi) is 3.33. The van der Waals surface area contributed by atoms with E-state index >= 15 is 0 Å². The first-order valence-electron chi connectivity index (χ1n) is 7.77. The van der Waals surface area contributed by atoms with E-state index in [1.807, 2.05) is 18.9 Å². The van der Waals surface area contributed by atoms with Crippen LogP contribution in [0.25, 0.3) is 0 Å². The van der Waals surface area contributed by atoms with Crippen LogP contribution in [0, 0.1) is 6.92 Å². The topological polar surface area (TPSA) is 65.2 Å². The summed E-state index contributed by atoms with van der Waals surface area (Å²) in [6, 6.07) is 1.68. The lowest BCUT2D eigenvalue weighted by Gasteiger charge is -2.24. The van der Waals surface area contributed by atoms with Gasteiger partial charge in [0.15, 0.2) is 5.69 Å². The zero-order valence-corrected chi connectivity index (χ0v) is 13.9. The van der Waals surface area contributed by atoms with Crippen molar-refractivity contribution >= 4 is 17.5 Å². The number of fused-ring (bicyclic) bond motifs is 1. The fraction of sp³-hybridized carbons (Fsp3) is 0.533. The van der Waals surface area contributed by atoms with Crippen molar-refractivity contribution in [3.63, 3.8) is 0 Å². The summed E-state index contributed by atoms with van der Waals surface area (Å²) in [6.07, 6.45) is 1.84. The maximum atomic E-state index is 12.9. The number of rotatable bonds is 2. The van der Waals surface area contributed by atoms with Gasteiger partial charge in [-0.1, -0.05) is 11.6 Å². The van der Waals surface area contributed by atoms with Crippen LogP contribution in [0.5, 0.6) is 5.88 Å². The largest absolute Gasteiger partial charge is 0.476 e. The van der Waals surface area contributed by atoms with Gasteiger partial charge in [-0.25, -0.2) is 4.68 Å². The smallest absolute Gasteiger partial charge is 0.275 e. The summed E-state index contributed by atoms with van der Waals surface area (Å²) in [5.74, 6) is 0.594. The average molecular weight is 336 g/mol. The molecule has 8 heteroatoms. The summed E-state index contributed by atoms with van der Waals surface area (Å²) in [7, 11) is 1.82. The van der Waals surface area contributed by atoms with Gasteiger partial charge < -0.3 is 9.64 Å². The van der Waals surface area contributed by atoms with Crippen molar-refractivity contribution < 1.29 is 9.53 Å². The number of nitrogens with zero attached hydrogens (tertiary/aromatic N) is 5. The molecule has 7 nitrogen and oxygen atoms in total. The second-order valence-corrected chi connectivity index (χ2v) is 6.37. The van der Waals surface area contributed by atoms with Crippen LogP contribution in [-0.2, 0) is 13.6 Å². The van der Waals surface area contributed by atoms with Gasteiger partial charge in [0, 0.05) is 25.2 Å². The molecule has 1 atom stereocenters. The second kappa shape index (κ2) is 5.26. The minimum absolute atomic E-state index is 0.0406. The van der Waals surface area contributed by atoms with Gasteiger partial charge in [-0.05, 0) is 19.8 Å². The van der Waals surface area contributed by atoms with Crippen LogP contribution in [-0.4, -0.2) is 43.5 Å². The third kappa shape index (κ3) is 2.22. The number of halogens is 1. The van der Waals surface area contributed by atoms with Crippen LogP contribution < -0.4 is 4.74 Å². The number of hydrogen-bond acceptors (Lipinski definition) is 4. The lowest BCUT2D eigenvalue weighted by Crippen LogP contribution is -2.31. The molecule has 0 bridgehead atoms. The van der Waals surface area contributed by atoms with Gasteiger partial charge in [0.25, 0.3) is 5.91 Å². The minimum atomic E-state index is -0.0719. The monoisotopic (exact) mass is 335 g/mol. The molecule has 1 saturated heterocycles. The highest BCUT2D eigenvalue weighted by molar-refractivity contribution is 6.30. The summed E-state index contributed by atoms with van der Waals surface area (Å²) >= 11 is 6.39. The van der Waals surface area contributed by atoms with E-state index in [1.54, 1.807) is 15.4 Å². The lowest BCUT2D eigenvalue weighted by atomic mass is 10.1. The van der Waals surface area contributed by atoms with Crippen LogP contribution in [0.1, 0.15) is 40.6 Å². The van der Waals surface area contributed by atoms with E-state index in [9.17, 15) is 4.79 Å². The van der Waals surface area contributed by atoms with Crippen molar-refractivity contribution in [1.82, 2.24) is 24.5 Å². The Hall–Kier alpha value is -2.02. The Labute approximate surface area is 138 Å². The molecule has 23 heavy (non-hydrogen) atoms. The summed E-state index contributed by atoms with van der Waals surface area (Å²) < 4.78 is 8.84. The van der Waals surface area contributed by atoms with Gasteiger partial charge in [-0.15, -0.1) is 0 Å². The molecular weight excluding hydrogens is 318 g/mol. The molecule has 4 heterocycles. The minimum Gasteiger partial charge on any atom is -0.476 e. The van der Waals surface area contributed by atoms with Gasteiger partial charge >= 0.3 is 0 Å². The van der Waals surface area contributed by atoms with Crippen molar-refractivity contribution in [1.29, 1.82) is 0 Å². The highest BCUT2D eigenvalue weighted by atomic mass is 35.5. The van der Waals surface area contributed by atoms with Crippen LogP contribution in [0.4, 0.5) is 0 Å². The third-order valence-corrected chi connectivity index (χ3v) is 5.01. The number of aromatic nitrogens is 4. The molecule has 0 saturated carbocycles. The molecule has 0 radical (unpaired) electrons. The summed E-state index contributed by atoms with van der Waals surface area (Å²) in [4.78, 5) is 14.7. The summed E-state index contributed by atoms with van der Waals surface area (Å²) in [6.45, 7) is 3.95. The van der Waals surface area contributed by atoms with Crippen molar-refractivity contribution in [2.24, 2.45) is 7.05 Å². The normalized spacial score (nSPS) is 20.0. The van der Waals surface area contributed by atoms with Crippen LogP contribution in [0.3, 0.4) is 0 Å². The zero-order valence-electron chi connectivity index (χ0n) is 13.1. The molecule has 1 amide bonds. The molecule has 2 aliphatic heterocycles. The molecule has 0 aromatic carbocycles. The van der Waals surface area contributed by atoms with Gasteiger partial charge in [-0.3, -0.25) is 9.48 Å². The fourth-order valence-electron chi connectivity index (χ4n) is 3.50. The highest BCUT2D eigenvalue weighted by Crippen LogP contribution is 2.38. The van der Waals surface area contributed by atoms with E-state index in [2.05, 4.69) is 10.2 Å². The molecule has 1 fully saturated rings. The molecule has 4 rings (SSSR count). The standard InChI is InChI=1S/C15H18ClN5O2/c1-9-13(14(16)19(2)17-9)11-4-3-5-20(11)15(22)10-8-12-21(18-10)6-7-23-12/h8,11H,3-7H2,1-2H3. The van der Waals surface area contributed by atoms with Gasteiger partial charge in [-0.2, -0.15) is 10.2 Å². The Morgan fingerprint density at radius 2 is 2.22 bits per heavy atom. The number of aryl methyl sites for hydroxylation is 2. The SMILES string of the molecule is Cc1nn(C)c(Cl)c1C1CCCN1C(=O)c1cc2n(n1)CCO2. The molecule has 0 aliphatic carbocycles. The zero-order chi connectivity index (χ0) is 16.1. The number of ether oxygens (including phenoxy) is 1. The van der Waals surface area contributed by atoms with E-state index in [1.165, 1.54) is 0 Å². The van der Waals surface area contributed by atoms with E-state index in [0.29, 0.717) is 36.4 Å². The Morgan fingerprint density at radius 1 is 1.39 bits per heavy atom. The highest BCUT2D eigenvalue weighted by Gasteiger charge is 2.36. The number of carbonyl (C=O) groups excluding carboxylic acids is 1. The molecule has 1 unspecified atom stereocenters. The predicted molar refractivity (Wildman–Crippen MR) is 83.7 cm³/mol. The first-order valence-corrected chi connectivity index (χ1v) is 8.14. The predicted octanol–water partition coefficient (Wildman–Crippen LogP) is 1.95. The van der Waals surface area contributed by atoms with Gasteiger partial charge in [0.1, 0.15) is 11.8 Å². The van der Waals surface area contributed by atoms with Gasteiger partial charge in [0.2, 0.25) is 5.88 Å². The number of amides is 1. The van der Waals surface area contributed by atoms with E-state index < -0.39 is 0 Å². The van der Waals surface area contributed by atoms with Crippen molar-refractivity contribution in [3.05, 3.63) is 28.2 Å². The molecule has 2 aliphatic rings. The fourth-order valence-corrected chi connectivity index (χ4v) is 3.80. The maximum Gasteiger partial charge on any atom is 0.275 e. The third-order valence-electron chi connectivity index (χ3n) is 4.56. The number of carbonyl (C=O) groups is 1. The van der Waals surface area contributed by atoms with Crippen LogP contribution in [0.2, 0.25) is 5.15 Å². The molecular formula is C15H18ClN5O2. The number of hydrogen-bond donors (Lipinski definition) is 0. The maximum absolute atomic E-state index is 12.9. The number of likely N-dealkylation sites (tertiary alicyclic amines) is 1. The summed E-state index contributed by atoms with van der Waals surface area (Å²) in [5, 5.41) is 9.33. The molecule has 122 valence electrons. The first-order chi connectivity index (χ1) is 11.1. The quantitative estimate of drug-likeness (QED) is 0.841. The Morgan fingerprint density at radius 3 is 2.91 bits per heavy atom. The molecule has 0 spiro atoms. The molecule has 2 aromatic heterocycles. The van der Waals surface area contributed by atoms with E-state index in [-0.39, 0.29) is 11.9 Å². The van der Waals surface area contributed by atoms with E-state index in [4.69, 9.17) is 16.3 Å². The van der Waals surface area contributed by atoms with Crippen molar-refractivity contribution in [2.75, 3.05) is 13.2 Å². The van der Waals surface area contributed by atoms with E-state index in [0.717, 1.165) is 24.1 Å². The Balaban J connectivity index is 1.65. The molecule has 2 aromatic rings.